The highest BCUT2D eigenvalue weighted by Crippen LogP contribution is 2.21. The summed E-state index contributed by atoms with van der Waals surface area (Å²) in [6.45, 7) is 1.70. The summed E-state index contributed by atoms with van der Waals surface area (Å²) in [7, 11) is 1.88. The molecule has 96 valence electrons. The Balaban J connectivity index is 2.01. The summed E-state index contributed by atoms with van der Waals surface area (Å²) < 4.78 is 14.9. The molecule has 3 nitrogen and oxygen atoms in total. The normalized spacial score (nSPS) is 12.7. The van der Waals surface area contributed by atoms with Crippen LogP contribution in [0.3, 0.4) is 0 Å². The number of aromatic nitrogens is 2. The van der Waals surface area contributed by atoms with Crippen molar-refractivity contribution in [3.8, 4) is 0 Å². The Bertz CT molecular complexity index is 536. The largest absolute Gasteiger partial charge is 0.388 e. The molecule has 0 bridgehead atoms. The van der Waals surface area contributed by atoms with Gasteiger partial charge in [-0.15, -0.1) is 0 Å². The van der Waals surface area contributed by atoms with E-state index in [1.165, 1.54) is 6.07 Å². The molecule has 0 fully saturated rings. The summed E-state index contributed by atoms with van der Waals surface area (Å²) in [4.78, 5) is 0. The molecule has 0 spiro atoms. The minimum Gasteiger partial charge on any atom is -0.388 e. The van der Waals surface area contributed by atoms with Crippen molar-refractivity contribution in [2.45, 2.75) is 25.9 Å². The summed E-state index contributed by atoms with van der Waals surface area (Å²) in [6.07, 6.45) is 2.52. The summed E-state index contributed by atoms with van der Waals surface area (Å²) in [6, 6.07) is 6.67. The number of aliphatic hydroxyl groups excluding tert-OH is 1. The summed E-state index contributed by atoms with van der Waals surface area (Å²) >= 11 is 0. The van der Waals surface area contributed by atoms with Crippen molar-refractivity contribution in [2.75, 3.05) is 0 Å². The van der Waals surface area contributed by atoms with Gasteiger partial charge in [0.15, 0.2) is 0 Å². The van der Waals surface area contributed by atoms with Gasteiger partial charge in [-0.05, 0) is 43.0 Å². The van der Waals surface area contributed by atoms with E-state index in [1.54, 1.807) is 29.9 Å². The van der Waals surface area contributed by atoms with Gasteiger partial charge in [0.2, 0.25) is 0 Å². The van der Waals surface area contributed by atoms with E-state index in [2.05, 4.69) is 5.10 Å². The van der Waals surface area contributed by atoms with Crippen LogP contribution in [0.2, 0.25) is 0 Å². The first-order valence-corrected chi connectivity index (χ1v) is 5.99. The maximum Gasteiger partial charge on any atom is 0.126 e. The average Bonchev–Trinajstić information content (AvgIpc) is 2.75. The molecule has 1 N–H and O–H groups in total. The summed E-state index contributed by atoms with van der Waals surface area (Å²) in [5.74, 6) is -0.238. The molecule has 2 aromatic rings. The number of hydrogen-bond donors (Lipinski definition) is 1. The van der Waals surface area contributed by atoms with Crippen LogP contribution >= 0.6 is 0 Å². The third-order valence-corrected chi connectivity index (χ3v) is 3.16. The van der Waals surface area contributed by atoms with E-state index < -0.39 is 6.10 Å². The van der Waals surface area contributed by atoms with E-state index in [0.717, 1.165) is 17.7 Å². The minimum absolute atomic E-state index is 0.238. The third kappa shape index (κ3) is 2.76. The van der Waals surface area contributed by atoms with Gasteiger partial charge in [-0.1, -0.05) is 12.1 Å². The molecule has 0 saturated heterocycles. The Morgan fingerprint density at radius 1 is 1.39 bits per heavy atom. The second-order valence-corrected chi connectivity index (χ2v) is 4.51. The Labute approximate surface area is 106 Å². The number of benzene rings is 1. The summed E-state index contributed by atoms with van der Waals surface area (Å²) in [5.41, 5.74) is 2.40. The van der Waals surface area contributed by atoms with Gasteiger partial charge in [0.1, 0.15) is 5.82 Å². The van der Waals surface area contributed by atoms with Crippen LogP contribution in [0, 0.1) is 12.7 Å². The summed E-state index contributed by atoms with van der Waals surface area (Å²) in [5, 5.41) is 14.2. The highest BCUT2D eigenvalue weighted by Gasteiger charge is 2.10. The van der Waals surface area contributed by atoms with Crippen molar-refractivity contribution in [3.63, 3.8) is 0 Å². The van der Waals surface area contributed by atoms with Crippen molar-refractivity contribution in [2.24, 2.45) is 7.05 Å². The number of aryl methyl sites for hydroxylation is 3. The number of halogens is 1. The standard InChI is InChI=1S/C14H17FN2O/c1-10-9-11(3-5-13(10)15)14(18)6-4-12-7-8-16-17(12)2/h3,5,7-9,14,18H,4,6H2,1-2H3. The fourth-order valence-electron chi connectivity index (χ4n) is 1.97. The first kappa shape index (κ1) is 12.8. The second kappa shape index (κ2) is 5.31. The van der Waals surface area contributed by atoms with Gasteiger partial charge in [0, 0.05) is 18.9 Å². The lowest BCUT2D eigenvalue weighted by Gasteiger charge is -2.12. The van der Waals surface area contributed by atoms with Gasteiger partial charge >= 0.3 is 0 Å². The van der Waals surface area contributed by atoms with Crippen LogP contribution in [0.4, 0.5) is 4.39 Å². The van der Waals surface area contributed by atoms with Crippen LogP contribution in [0.25, 0.3) is 0 Å². The number of nitrogens with zero attached hydrogens (tertiary/aromatic N) is 2. The maximum absolute atomic E-state index is 13.1. The molecule has 0 saturated carbocycles. The van der Waals surface area contributed by atoms with Crippen molar-refractivity contribution in [1.29, 1.82) is 0 Å². The van der Waals surface area contributed by atoms with Crippen LogP contribution in [-0.4, -0.2) is 14.9 Å². The van der Waals surface area contributed by atoms with E-state index in [1.807, 2.05) is 13.1 Å². The van der Waals surface area contributed by atoms with Gasteiger partial charge in [-0.3, -0.25) is 4.68 Å². The Morgan fingerprint density at radius 2 is 2.17 bits per heavy atom. The Kier molecular flexibility index (Phi) is 3.77. The molecule has 18 heavy (non-hydrogen) atoms. The smallest absolute Gasteiger partial charge is 0.126 e. The third-order valence-electron chi connectivity index (χ3n) is 3.16. The van der Waals surface area contributed by atoms with Crippen molar-refractivity contribution < 1.29 is 9.50 Å². The first-order chi connectivity index (χ1) is 8.58. The molecule has 0 aliphatic rings. The molecule has 0 aliphatic heterocycles. The van der Waals surface area contributed by atoms with Crippen LogP contribution < -0.4 is 0 Å². The highest BCUT2D eigenvalue weighted by atomic mass is 19.1. The first-order valence-electron chi connectivity index (χ1n) is 5.99. The quantitative estimate of drug-likeness (QED) is 0.903. The van der Waals surface area contributed by atoms with Crippen molar-refractivity contribution >= 4 is 0 Å². The molecule has 1 unspecified atom stereocenters. The monoisotopic (exact) mass is 248 g/mol. The zero-order chi connectivity index (χ0) is 13.1. The van der Waals surface area contributed by atoms with E-state index >= 15 is 0 Å². The molecule has 0 amide bonds. The molecule has 0 radical (unpaired) electrons. The zero-order valence-electron chi connectivity index (χ0n) is 10.6. The topological polar surface area (TPSA) is 38.1 Å². The van der Waals surface area contributed by atoms with E-state index in [4.69, 9.17) is 0 Å². The number of hydrogen-bond acceptors (Lipinski definition) is 2. The van der Waals surface area contributed by atoms with E-state index in [0.29, 0.717) is 12.0 Å². The fraction of sp³-hybridized carbons (Fsp3) is 0.357. The fourth-order valence-corrected chi connectivity index (χ4v) is 1.97. The molecule has 0 aliphatic carbocycles. The SMILES string of the molecule is Cc1cc(C(O)CCc2ccnn2C)ccc1F. The molecule has 1 aromatic carbocycles. The number of aliphatic hydroxyl groups is 1. The molecular weight excluding hydrogens is 231 g/mol. The van der Waals surface area contributed by atoms with Gasteiger partial charge in [0.05, 0.1) is 6.10 Å². The van der Waals surface area contributed by atoms with Gasteiger partial charge < -0.3 is 5.11 Å². The van der Waals surface area contributed by atoms with Gasteiger partial charge in [-0.2, -0.15) is 5.10 Å². The van der Waals surface area contributed by atoms with Crippen molar-refractivity contribution in [3.05, 3.63) is 53.1 Å². The minimum atomic E-state index is -0.570. The zero-order valence-corrected chi connectivity index (χ0v) is 10.6. The average molecular weight is 248 g/mol. The lowest BCUT2D eigenvalue weighted by atomic mass is 10.0. The lowest BCUT2D eigenvalue weighted by Crippen LogP contribution is -2.04. The second-order valence-electron chi connectivity index (χ2n) is 4.51. The van der Waals surface area contributed by atoms with Crippen LogP contribution in [0.15, 0.2) is 30.5 Å². The van der Waals surface area contributed by atoms with Gasteiger partial charge in [0.25, 0.3) is 0 Å². The molecule has 1 atom stereocenters. The predicted molar refractivity (Wildman–Crippen MR) is 67.6 cm³/mol. The van der Waals surface area contributed by atoms with E-state index in [-0.39, 0.29) is 5.82 Å². The highest BCUT2D eigenvalue weighted by molar-refractivity contribution is 5.25. The molecular formula is C14H17FN2O. The van der Waals surface area contributed by atoms with Crippen molar-refractivity contribution in [1.82, 2.24) is 9.78 Å². The molecule has 4 heteroatoms. The predicted octanol–water partition coefficient (Wildman–Crippen LogP) is 2.53. The van der Waals surface area contributed by atoms with Crippen LogP contribution in [0.5, 0.6) is 0 Å². The van der Waals surface area contributed by atoms with Gasteiger partial charge in [-0.25, -0.2) is 4.39 Å². The molecule has 1 heterocycles. The van der Waals surface area contributed by atoms with Crippen LogP contribution in [-0.2, 0) is 13.5 Å². The molecule has 1 aromatic heterocycles. The lowest BCUT2D eigenvalue weighted by molar-refractivity contribution is 0.167. The van der Waals surface area contributed by atoms with E-state index in [9.17, 15) is 9.50 Å². The maximum atomic E-state index is 13.1. The Hall–Kier alpha value is -1.68. The molecule has 2 rings (SSSR count). The number of rotatable bonds is 4. The van der Waals surface area contributed by atoms with Crippen LogP contribution in [0.1, 0.15) is 29.3 Å². The Morgan fingerprint density at radius 3 is 2.78 bits per heavy atom.